The van der Waals surface area contributed by atoms with Gasteiger partial charge in [0.05, 0.1) is 18.2 Å². The molecule has 2 aliphatic heterocycles. The van der Waals surface area contributed by atoms with Crippen molar-refractivity contribution in [2.75, 3.05) is 46.4 Å². The van der Waals surface area contributed by atoms with Gasteiger partial charge in [-0.25, -0.2) is 9.59 Å². The summed E-state index contributed by atoms with van der Waals surface area (Å²) in [6.07, 6.45) is 0. The third-order valence-electron chi connectivity index (χ3n) is 5.36. The molecule has 0 spiro atoms. The Kier molecular flexibility index (Phi) is 6.36. The predicted molar refractivity (Wildman–Crippen MR) is 108 cm³/mol. The van der Waals surface area contributed by atoms with E-state index in [-0.39, 0.29) is 18.6 Å². The van der Waals surface area contributed by atoms with Crippen molar-refractivity contribution < 1.29 is 14.3 Å². The van der Waals surface area contributed by atoms with Gasteiger partial charge in [-0.05, 0) is 38.9 Å². The lowest BCUT2D eigenvalue weighted by atomic mass is 9.91. The first-order chi connectivity index (χ1) is 13.4. The number of rotatable bonds is 5. The molecule has 0 saturated carbocycles. The van der Waals surface area contributed by atoms with Gasteiger partial charge in [0.2, 0.25) is 0 Å². The van der Waals surface area contributed by atoms with Crippen molar-refractivity contribution >= 4 is 12.0 Å². The van der Waals surface area contributed by atoms with Crippen molar-refractivity contribution in [1.29, 1.82) is 0 Å². The molecule has 2 N–H and O–H groups in total. The number of nitrogens with one attached hydrogen (secondary N) is 2. The Morgan fingerprint density at radius 3 is 2.57 bits per heavy atom. The lowest BCUT2D eigenvalue weighted by Gasteiger charge is -2.36. The number of aryl methyl sites for hydroxylation is 2. The quantitative estimate of drug-likeness (QED) is 0.754. The number of esters is 1. The average Bonchev–Trinajstić information content (AvgIpc) is 2.63. The molecule has 0 aliphatic carbocycles. The van der Waals surface area contributed by atoms with Crippen molar-refractivity contribution in [3.05, 3.63) is 46.2 Å². The van der Waals surface area contributed by atoms with Crippen LogP contribution in [0.25, 0.3) is 0 Å². The molecule has 0 bridgehead atoms. The number of ether oxygens (including phenoxy) is 1. The van der Waals surface area contributed by atoms with E-state index in [4.69, 9.17) is 4.74 Å². The van der Waals surface area contributed by atoms with Crippen molar-refractivity contribution in [3.63, 3.8) is 0 Å². The Labute approximate surface area is 166 Å². The van der Waals surface area contributed by atoms with Crippen LogP contribution in [0.3, 0.4) is 0 Å². The molecule has 2 aliphatic rings. The van der Waals surface area contributed by atoms with E-state index in [1.54, 1.807) is 6.92 Å². The first kappa shape index (κ1) is 20.4. The van der Waals surface area contributed by atoms with Gasteiger partial charge in [0, 0.05) is 38.4 Å². The number of benzene rings is 1. The van der Waals surface area contributed by atoms with Gasteiger partial charge in [0.15, 0.2) is 0 Å². The van der Waals surface area contributed by atoms with Crippen LogP contribution in [0.5, 0.6) is 0 Å². The summed E-state index contributed by atoms with van der Waals surface area (Å²) in [7, 11) is 2.10. The monoisotopic (exact) mass is 386 g/mol. The van der Waals surface area contributed by atoms with Crippen LogP contribution in [0.2, 0.25) is 0 Å². The first-order valence-corrected chi connectivity index (χ1v) is 9.84. The summed E-state index contributed by atoms with van der Waals surface area (Å²) in [6, 6.07) is 5.23. The molecule has 7 heteroatoms. The fourth-order valence-corrected chi connectivity index (χ4v) is 3.80. The van der Waals surface area contributed by atoms with Gasteiger partial charge in [-0.2, -0.15) is 0 Å². The molecular formula is C21H30N4O3. The van der Waals surface area contributed by atoms with Crippen LogP contribution in [0.4, 0.5) is 4.79 Å². The molecular weight excluding hydrogens is 356 g/mol. The van der Waals surface area contributed by atoms with E-state index in [2.05, 4.69) is 33.5 Å². The molecule has 3 rings (SSSR count). The summed E-state index contributed by atoms with van der Waals surface area (Å²) < 4.78 is 5.35. The Morgan fingerprint density at radius 2 is 1.93 bits per heavy atom. The normalized spacial score (nSPS) is 21.3. The van der Waals surface area contributed by atoms with Gasteiger partial charge < -0.3 is 20.3 Å². The fourth-order valence-electron chi connectivity index (χ4n) is 3.80. The van der Waals surface area contributed by atoms with E-state index in [1.165, 1.54) is 0 Å². The van der Waals surface area contributed by atoms with E-state index < -0.39 is 6.04 Å². The molecule has 2 amide bonds. The molecule has 1 atom stereocenters. The van der Waals surface area contributed by atoms with E-state index >= 15 is 0 Å². The number of hydrogen-bond acceptors (Lipinski definition) is 5. The number of carbonyl (C=O) groups excluding carboxylic acids is 2. The fraction of sp³-hybridized carbons (Fsp3) is 0.524. The summed E-state index contributed by atoms with van der Waals surface area (Å²) in [6.45, 7) is 10.4. The molecule has 1 aromatic rings. The van der Waals surface area contributed by atoms with E-state index in [0.717, 1.165) is 42.9 Å². The smallest absolute Gasteiger partial charge is 0.338 e. The van der Waals surface area contributed by atoms with Crippen LogP contribution >= 0.6 is 0 Å². The molecule has 0 aromatic heterocycles. The number of likely N-dealkylation sites (N-methyl/N-ethyl adjacent to an activating group) is 1. The zero-order chi connectivity index (χ0) is 20.3. The highest BCUT2D eigenvalue weighted by Crippen LogP contribution is 2.30. The summed E-state index contributed by atoms with van der Waals surface area (Å²) in [5.41, 5.74) is 4.22. The highest BCUT2D eigenvalue weighted by atomic mass is 16.5. The van der Waals surface area contributed by atoms with Gasteiger partial charge >= 0.3 is 12.0 Å². The van der Waals surface area contributed by atoms with Crippen LogP contribution < -0.4 is 10.6 Å². The number of nitrogens with zero attached hydrogens (tertiary/aromatic N) is 2. The maximum atomic E-state index is 12.9. The van der Waals surface area contributed by atoms with Crippen LogP contribution in [-0.2, 0) is 9.53 Å². The van der Waals surface area contributed by atoms with Crippen LogP contribution in [-0.4, -0.2) is 68.2 Å². The lowest BCUT2D eigenvalue weighted by molar-refractivity contribution is -0.139. The molecule has 1 aromatic carbocycles. The minimum Gasteiger partial charge on any atom is -0.463 e. The Morgan fingerprint density at radius 1 is 1.21 bits per heavy atom. The van der Waals surface area contributed by atoms with Gasteiger partial charge in [0.25, 0.3) is 0 Å². The molecule has 1 saturated heterocycles. The maximum absolute atomic E-state index is 12.9. The van der Waals surface area contributed by atoms with Crippen molar-refractivity contribution in [1.82, 2.24) is 20.4 Å². The van der Waals surface area contributed by atoms with Gasteiger partial charge in [0.1, 0.15) is 0 Å². The third-order valence-corrected chi connectivity index (χ3v) is 5.36. The number of hydrogen-bond donors (Lipinski definition) is 2. The topological polar surface area (TPSA) is 73.9 Å². The highest BCUT2D eigenvalue weighted by molar-refractivity contribution is 5.95. The van der Waals surface area contributed by atoms with Crippen LogP contribution in [0.15, 0.2) is 29.5 Å². The largest absolute Gasteiger partial charge is 0.463 e. The first-order valence-electron chi connectivity index (χ1n) is 9.84. The van der Waals surface area contributed by atoms with E-state index in [9.17, 15) is 9.59 Å². The Bertz CT molecular complexity index is 782. The summed E-state index contributed by atoms with van der Waals surface area (Å²) >= 11 is 0. The third kappa shape index (κ3) is 4.54. The molecule has 28 heavy (non-hydrogen) atoms. The second-order valence-electron chi connectivity index (χ2n) is 7.58. The van der Waals surface area contributed by atoms with Crippen molar-refractivity contribution in [2.45, 2.75) is 26.8 Å². The predicted octanol–water partition coefficient (Wildman–Crippen LogP) is 1.72. The molecule has 2 heterocycles. The molecule has 7 nitrogen and oxygen atoms in total. The van der Waals surface area contributed by atoms with E-state index in [1.807, 2.05) is 26.0 Å². The number of urea groups is 1. The number of piperazine rings is 1. The summed E-state index contributed by atoms with van der Waals surface area (Å²) in [5, 5.41) is 5.79. The summed E-state index contributed by atoms with van der Waals surface area (Å²) in [5.74, 6) is -0.385. The van der Waals surface area contributed by atoms with Crippen LogP contribution in [0, 0.1) is 13.8 Å². The average molecular weight is 386 g/mol. The minimum absolute atomic E-state index is 0.289. The van der Waals surface area contributed by atoms with E-state index in [0.29, 0.717) is 17.8 Å². The van der Waals surface area contributed by atoms with Crippen molar-refractivity contribution in [2.24, 2.45) is 0 Å². The molecule has 0 radical (unpaired) electrons. The lowest BCUT2D eigenvalue weighted by Crippen LogP contribution is -2.51. The Balaban J connectivity index is 1.99. The zero-order valence-electron chi connectivity index (χ0n) is 17.2. The molecule has 0 unspecified atom stereocenters. The van der Waals surface area contributed by atoms with Crippen LogP contribution in [0.1, 0.15) is 29.7 Å². The maximum Gasteiger partial charge on any atom is 0.338 e. The standard InChI is InChI=1S/C21H30N4O3/c1-5-28-20(26)18-17(13-25-10-8-24(4)9-11-25)22-21(27)23-19(18)16-7-6-14(2)12-15(16)3/h6-7,12,19H,5,8-11,13H2,1-4H3,(H2,22,23,27)/t19-/m1/s1. The zero-order valence-corrected chi connectivity index (χ0v) is 17.2. The molecule has 1 fully saturated rings. The second-order valence-corrected chi connectivity index (χ2v) is 7.58. The van der Waals surface area contributed by atoms with Crippen molar-refractivity contribution in [3.8, 4) is 0 Å². The highest BCUT2D eigenvalue weighted by Gasteiger charge is 2.35. The van der Waals surface area contributed by atoms with Gasteiger partial charge in [-0.15, -0.1) is 0 Å². The van der Waals surface area contributed by atoms with Gasteiger partial charge in [-0.1, -0.05) is 23.8 Å². The molecule has 152 valence electrons. The minimum atomic E-state index is -0.518. The second kappa shape index (κ2) is 8.75. The summed E-state index contributed by atoms with van der Waals surface area (Å²) in [4.78, 5) is 29.8. The Hall–Kier alpha value is -2.38. The number of carbonyl (C=O) groups is 2. The van der Waals surface area contributed by atoms with Gasteiger partial charge in [-0.3, -0.25) is 4.90 Å². The SMILES string of the molecule is CCOC(=O)C1=C(CN2CCN(C)CC2)NC(=O)N[C@@H]1c1ccc(C)cc1C. The number of amides is 2.